The van der Waals surface area contributed by atoms with Gasteiger partial charge in [-0.3, -0.25) is 9.48 Å². The maximum absolute atomic E-state index is 12.7. The van der Waals surface area contributed by atoms with Gasteiger partial charge < -0.3 is 10.2 Å². The highest BCUT2D eigenvalue weighted by Crippen LogP contribution is 2.17. The van der Waals surface area contributed by atoms with Gasteiger partial charge in [0.2, 0.25) is 0 Å². The van der Waals surface area contributed by atoms with Crippen molar-refractivity contribution in [3.8, 4) is 0 Å². The van der Waals surface area contributed by atoms with Crippen LogP contribution in [-0.4, -0.2) is 46.3 Å². The number of hydrogen-bond donors (Lipinski definition) is 1. The van der Waals surface area contributed by atoms with Gasteiger partial charge in [0.1, 0.15) is 0 Å². The number of aryl methyl sites for hydroxylation is 2. The Balaban J connectivity index is 2.11. The minimum absolute atomic E-state index is 0.108. The fraction of sp³-hybridized carbons (Fsp3) is 0.733. The molecule has 0 aromatic carbocycles. The van der Waals surface area contributed by atoms with Crippen LogP contribution in [0.4, 0.5) is 0 Å². The van der Waals surface area contributed by atoms with Gasteiger partial charge in [-0.1, -0.05) is 0 Å². The van der Waals surface area contributed by atoms with Crippen molar-refractivity contribution in [3.05, 3.63) is 17.5 Å². The molecular formula is C15H26N4O. The Bertz CT molecular complexity index is 460. The zero-order valence-corrected chi connectivity index (χ0v) is 13.0. The number of piperidine rings is 1. The maximum Gasteiger partial charge on any atom is 0.257 e. The van der Waals surface area contributed by atoms with Crippen molar-refractivity contribution in [2.24, 2.45) is 13.0 Å². The quantitative estimate of drug-likeness (QED) is 0.909. The van der Waals surface area contributed by atoms with E-state index in [1.54, 1.807) is 4.68 Å². The number of amides is 1. The van der Waals surface area contributed by atoms with Gasteiger partial charge in [-0.25, -0.2) is 0 Å². The fourth-order valence-corrected chi connectivity index (χ4v) is 2.85. The van der Waals surface area contributed by atoms with Crippen LogP contribution >= 0.6 is 0 Å². The Labute approximate surface area is 121 Å². The summed E-state index contributed by atoms with van der Waals surface area (Å²) in [6, 6.07) is 0.212. The van der Waals surface area contributed by atoms with E-state index >= 15 is 0 Å². The molecular weight excluding hydrogens is 252 g/mol. The van der Waals surface area contributed by atoms with E-state index < -0.39 is 0 Å². The topological polar surface area (TPSA) is 50.2 Å². The Morgan fingerprint density at radius 3 is 2.85 bits per heavy atom. The summed E-state index contributed by atoms with van der Waals surface area (Å²) in [5, 5.41) is 7.70. The number of hydrogen-bond acceptors (Lipinski definition) is 3. The number of nitrogens with zero attached hydrogens (tertiary/aromatic N) is 3. The summed E-state index contributed by atoms with van der Waals surface area (Å²) in [5.74, 6) is 0.670. The van der Waals surface area contributed by atoms with Crippen LogP contribution in [0.5, 0.6) is 0 Å². The van der Waals surface area contributed by atoms with Gasteiger partial charge in [0.15, 0.2) is 0 Å². The molecule has 1 amide bonds. The molecule has 1 atom stereocenters. The molecule has 1 N–H and O–H groups in total. The van der Waals surface area contributed by atoms with Gasteiger partial charge in [-0.2, -0.15) is 5.10 Å². The van der Waals surface area contributed by atoms with Gasteiger partial charge in [0, 0.05) is 25.8 Å². The summed E-state index contributed by atoms with van der Waals surface area (Å²) in [5.41, 5.74) is 1.54. The molecule has 112 valence electrons. The lowest BCUT2D eigenvalue weighted by atomic mass is 9.98. The molecule has 2 heterocycles. The van der Waals surface area contributed by atoms with Gasteiger partial charge in [0.25, 0.3) is 5.91 Å². The van der Waals surface area contributed by atoms with E-state index in [2.05, 4.69) is 24.3 Å². The normalized spacial score (nSPS) is 19.4. The van der Waals surface area contributed by atoms with Crippen LogP contribution < -0.4 is 5.32 Å². The molecule has 0 aliphatic carbocycles. The molecule has 0 radical (unpaired) electrons. The molecule has 20 heavy (non-hydrogen) atoms. The Hall–Kier alpha value is -1.36. The summed E-state index contributed by atoms with van der Waals surface area (Å²) in [7, 11) is 1.86. The molecule has 1 saturated heterocycles. The van der Waals surface area contributed by atoms with E-state index in [4.69, 9.17) is 0 Å². The average Bonchev–Trinajstić information content (AvgIpc) is 2.75. The maximum atomic E-state index is 12.7. The molecule has 5 nitrogen and oxygen atoms in total. The van der Waals surface area contributed by atoms with Crippen molar-refractivity contribution in [2.75, 3.05) is 19.6 Å². The lowest BCUT2D eigenvalue weighted by molar-refractivity contribution is 0.0660. The van der Waals surface area contributed by atoms with Gasteiger partial charge >= 0.3 is 0 Å². The largest absolute Gasteiger partial charge is 0.336 e. The van der Waals surface area contributed by atoms with E-state index in [-0.39, 0.29) is 11.9 Å². The first kappa shape index (κ1) is 15.0. The minimum Gasteiger partial charge on any atom is -0.336 e. The fourth-order valence-electron chi connectivity index (χ4n) is 2.85. The van der Waals surface area contributed by atoms with Crippen molar-refractivity contribution >= 4 is 5.91 Å². The van der Waals surface area contributed by atoms with Gasteiger partial charge in [0.05, 0.1) is 11.3 Å². The number of carbonyl (C=O) groups is 1. The van der Waals surface area contributed by atoms with Crippen LogP contribution in [0.15, 0.2) is 6.20 Å². The highest BCUT2D eigenvalue weighted by Gasteiger charge is 2.25. The highest BCUT2D eigenvalue weighted by atomic mass is 16.2. The number of aromatic nitrogens is 2. The number of carbonyl (C=O) groups excluding carboxylic acids is 1. The standard InChI is InChI=1S/C15H26N4O/c1-11(2)19(9-13-6-5-7-16-8-13)15(20)14-10-18(4)17-12(14)3/h10-11,13,16H,5-9H2,1-4H3. The third-order valence-corrected chi connectivity index (χ3v) is 3.98. The van der Waals surface area contributed by atoms with Crippen molar-refractivity contribution < 1.29 is 4.79 Å². The molecule has 1 aliphatic rings. The molecule has 0 bridgehead atoms. The summed E-state index contributed by atoms with van der Waals surface area (Å²) in [6.45, 7) is 9.02. The smallest absolute Gasteiger partial charge is 0.257 e. The first-order valence-corrected chi connectivity index (χ1v) is 7.51. The zero-order chi connectivity index (χ0) is 14.7. The van der Waals surface area contributed by atoms with Crippen LogP contribution in [0.1, 0.15) is 42.7 Å². The molecule has 0 saturated carbocycles. The first-order valence-electron chi connectivity index (χ1n) is 7.51. The highest BCUT2D eigenvalue weighted by molar-refractivity contribution is 5.95. The number of nitrogens with one attached hydrogen (secondary N) is 1. The number of rotatable bonds is 4. The van der Waals surface area contributed by atoms with E-state index in [0.29, 0.717) is 5.92 Å². The lowest BCUT2D eigenvalue weighted by Gasteiger charge is -2.32. The monoisotopic (exact) mass is 278 g/mol. The van der Waals surface area contributed by atoms with Gasteiger partial charge in [-0.15, -0.1) is 0 Å². The van der Waals surface area contributed by atoms with Gasteiger partial charge in [-0.05, 0) is 52.6 Å². The zero-order valence-electron chi connectivity index (χ0n) is 13.0. The summed E-state index contributed by atoms with van der Waals surface area (Å²) in [4.78, 5) is 14.7. The second-order valence-electron chi connectivity index (χ2n) is 6.07. The average molecular weight is 278 g/mol. The lowest BCUT2D eigenvalue weighted by Crippen LogP contribution is -2.44. The van der Waals surface area contributed by atoms with E-state index in [9.17, 15) is 4.79 Å². The third kappa shape index (κ3) is 3.39. The van der Waals surface area contributed by atoms with Crippen molar-refractivity contribution in [1.29, 1.82) is 0 Å². The molecule has 1 unspecified atom stereocenters. The molecule has 5 heteroatoms. The van der Waals surface area contributed by atoms with Crippen molar-refractivity contribution in [2.45, 2.75) is 39.7 Å². The van der Waals surface area contributed by atoms with Crippen LogP contribution in [0.2, 0.25) is 0 Å². The Morgan fingerprint density at radius 2 is 2.35 bits per heavy atom. The SMILES string of the molecule is Cc1nn(C)cc1C(=O)N(CC1CCCNC1)C(C)C. The minimum atomic E-state index is 0.108. The molecule has 1 aliphatic heterocycles. The van der Waals surface area contributed by atoms with Crippen LogP contribution in [0.25, 0.3) is 0 Å². The van der Waals surface area contributed by atoms with E-state index in [0.717, 1.165) is 30.9 Å². The summed E-state index contributed by atoms with van der Waals surface area (Å²) < 4.78 is 1.71. The van der Waals surface area contributed by atoms with E-state index in [1.165, 1.54) is 12.8 Å². The second kappa shape index (κ2) is 6.39. The Kier molecular flexibility index (Phi) is 4.81. The predicted octanol–water partition coefficient (Wildman–Crippen LogP) is 1.58. The molecule has 1 fully saturated rings. The Morgan fingerprint density at radius 1 is 1.60 bits per heavy atom. The second-order valence-corrected chi connectivity index (χ2v) is 6.07. The third-order valence-electron chi connectivity index (χ3n) is 3.98. The predicted molar refractivity (Wildman–Crippen MR) is 79.7 cm³/mol. The van der Waals surface area contributed by atoms with Crippen molar-refractivity contribution in [3.63, 3.8) is 0 Å². The first-order chi connectivity index (χ1) is 9.49. The van der Waals surface area contributed by atoms with Crippen LogP contribution in [-0.2, 0) is 7.05 Å². The molecule has 1 aromatic rings. The van der Waals surface area contributed by atoms with Crippen LogP contribution in [0.3, 0.4) is 0 Å². The molecule has 1 aromatic heterocycles. The van der Waals surface area contributed by atoms with E-state index in [1.807, 2.05) is 25.1 Å². The molecule has 2 rings (SSSR count). The summed E-state index contributed by atoms with van der Waals surface area (Å²) in [6.07, 6.45) is 4.23. The summed E-state index contributed by atoms with van der Waals surface area (Å²) >= 11 is 0. The molecule has 0 spiro atoms. The van der Waals surface area contributed by atoms with Crippen molar-refractivity contribution in [1.82, 2.24) is 20.0 Å². The van der Waals surface area contributed by atoms with Crippen LogP contribution in [0, 0.1) is 12.8 Å².